The molecule has 1 aliphatic rings. The summed E-state index contributed by atoms with van der Waals surface area (Å²) in [5.74, 6) is -1.91. The van der Waals surface area contributed by atoms with Crippen molar-refractivity contribution in [2.75, 3.05) is 24.5 Å². The number of hydrogen-bond acceptors (Lipinski definition) is 3. The smallest absolute Gasteiger partial charge is 0.338 e. The highest BCUT2D eigenvalue weighted by Gasteiger charge is 2.20. The Kier molecular flexibility index (Phi) is 3.28. The van der Waals surface area contributed by atoms with E-state index in [2.05, 4.69) is 17.1 Å². The van der Waals surface area contributed by atoms with Gasteiger partial charge in [-0.3, -0.25) is 0 Å². The molecule has 5 heteroatoms. The molecular weight excluding hydrogens is 223 g/mol. The second kappa shape index (κ2) is 4.71. The lowest BCUT2D eigenvalue weighted by Gasteiger charge is -2.36. The van der Waals surface area contributed by atoms with E-state index < -0.39 is 11.8 Å². The van der Waals surface area contributed by atoms with Crippen molar-refractivity contribution in [3.8, 4) is 0 Å². The summed E-state index contributed by atoms with van der Waals surface area (Å²) in [7, 11) is 0. The maximum atomic E-state index is 13.6. The molecule has 1 unspecified atom stereocenters. The minimum absolute atomic E-state index is 0.277. The molecule has 1 aromatic rings. The van der Waals surface area contributed by atoms with Crippen LogP contribution in [0.3, 0.4) is 0 Å². The first-order valence-electron chi connectivity index (χ1n) is 5.60. The van der Waals surface area contributed by atoms with E-state index in [0.717, 1.165) is 25.3 Å². The molecule has 1 atom stereocenters. The summed E-state index contributed by atoms with van der Waals surface area (Å²) in [4.78, 5) is 12.8. The van der Waals surface area contributed by atoms with Crippen LogP contribution in [0.2, 0.25) is 0 Å². The fourth-order valence-electron chi connectivity index (χ4n) is 2.08. The molecule has 1 aromatic carbocycles. The summed E-state index contributed by atoms with van der Waals surface area (Å²) in [6.07, 6.45) is 0. The lowest BCUT2D eigenvalue weighted by Crippen LogP contribution is -2.49. The zero-order valence-electron chi connectivity index (χ0n) is 9.61. The highest BCUT2D eigenvalue weighted by atomic mass is 19.1. The Hall–Kier alpha value is -1.62. The summed E-state index contributed by atoms with van der Waals surface area (Å²) in [6, 6.07) is 4.56. The van der Waals surface area contributed by atoms with Crippen molar-refractivity contribution in [3.63, 3.8) is 0 Å². The summed E-state index contributed by atoms with van der Waals surface area (Å²) in [5.41, 5.74) is 0.457. The Bertz CT molecular complexity index is 437. The van der Waals surface area contributed by atoms with Crippen molar-refractivity contribution in [1.82, 2.24) is 5.32 Å². The van der Waals surface area contributed by atoms with Crippen LogP contribution in [0.4, 0.5) is 10.1 Å². The number of benzene rings is 1. The predicted molar refractivity (Wildman–Crippen MR) is 63.0 cm³/mol. The molecule has 17 heavy (non-hydrogen) atoms. The van der Waals surface area contributed by atoms with Crippen molar-refractivity contribution in [3.05, 3.63) is 29.6 Å². The van der Waals surface area contributed by atoms with Gasteiger partial charge in [0, 0.05) is 31.4 Å². The molecule has 0 aromatic heterocycles. The van der Waals surface area contributed by atoms with Crippen molar-refractivity contribution in [2.24, 2.45) is 0 Å². The molecule has 1 heterocycles. The van der Waals surface area contributed by atoms with Gasteiger partial charge in [-0.1, -0.05) is 0 Å². The third-order valence-electron chi connectivity index (χ3n) is 3.02. The van der Waals surface area contributed by atoms with Gasteiger partial charge in [-0.2, -0.15) is 0 Å². The number of anilines is 1. The number of aromatic carboxylic acids is 1. The lowest BCUT2D eigenvalue weighted by atomic mass is 10.1. The normalized spacial score (nSPS) is 20.4. The number of piperazine rings is 1. The van der Waals surface area contributed by atoms with E-state index in [1.807, 2.05) is 0 Å². The lowest BCUT2D eigenvalue weighted by molar-refractivity contribution is 0.0692. The second-order valence-corrected chi connectivity index (χ2v) is 4.22. The van der Waals surface area contributed by atoms with E-state index in [1.165, 1.54) is 12.1 Å². The van der Waals surface area contributed by atoms with Gasteiger partial charge in [0.05, 0.1) is 5.56 Å². The van der Waals surface area contributed by atoms with E-state index in [0.29, 0.717) is 0 Å². The summed E-state index contributed by atoms with van der Waals surface area (Å²) < 4.78 is 13.6. The van der Waals surface area contributed by atoms with Crippen LogP contribution in [0.1, 0.15) is 17.3 Å². The number of nitrogens with zero attached hydrogens (tertiary/aromatic N) is 1. The van der Waals surface area contributed by atoms with Gasteiger partial charge in [-0.05, 0) is 25.1 Å². The van der Waals surface area contributed by atoms with Crippen LogP contribution in [-0.2, 0) is 0 Å². The molecular formula is C12H15FN2O2. The largest absolute Gasteiger partial charge is 0.478 e. The summed E-state index contributed by atoms with van der Waals surface area (Å²) in [5, 5.41) is 12.0. The predicted octanol–water partition coefficient (Wildman–Crippen LogP) is 1.32. The molecule has 92 valence electrons. The van der Waals surface area contributed by atoms with Crippen LogP contribution < -0.4 is 10.2 Å². The molecule has 0 bridgehead atoms. The minimum atomic E-state index is -1.23. The zero-order chi connectivity index (χ0) is 12.4. The number of carboxylic acids is 1. The van der Waals surface area contributed by atoms with Crippen LogP contribution in [-0.4, -0.2) is 36.8 Å². The van der Waals surface area contributed by atoms with Crippen molar-refractivity contribution in [2.45, 2.75) is 13.0 Å². The molecule has 2 rings (SSSR count). The number of nitrogens with one attached hydrogen (secondary N) is 1. The Balaban J connectivity index is 2.27. The molecule has 4 nitrogen and oxygen atoms in total. The van der Waals surface area contributed by atoms with Crippen LogP contribution in [0.25, 0.3) is 0 Å². The summed E-state index contributed by atoms with van der Waals surface area (Å²) in [6.45, 7) is 4.55. The molecule has 0 aliphatic carbocycles. The van der Waals surface area contributed by atoms with Crippen LogP contribution in [0.15, 0.2) is 18.2 Å². The Morgan fingerprint density at radius 3 is 2.94 bits per heavy atom. The molecule has 1 fully saturated rings. The molecule has 0 spiro atoms. The first-order valence-corrected chi connectivity index (χ1v) is 5.60. The first-order chi connectivity index (χ1) is 8.09. The SMILES string of the molecule is CC1CNCCN1c1ccc(C(=O)O)c(F)c1. The number of carboxylic acid groups (broad SMARTS) is 1. The fraction of sp³-hybridized carbons (Fsp3) is 0.417. The van der Waals surface area contributed by atoms with Gasteiger partial charge in [0.15, 0.2) is 0 Å². The van der Waals surface area contributed by atoms with Crippen LogP contribution >= 0.6 is 0 Å². The number of halogens is 1. The first kappa shape index (κ1) is 11.9. The van der Waals surface area contributed by atoms with Crippen molar-refractivity contribution >= 4 is 11.7 Å². The highest BCUT2D eigenvalue weighted by molar-refractivity contribution is 5.88. The molecule has 0 amide bonds. The van der Waals surface area contributed by atoms with Crippen LogP contribution in [0, 0.1) is 5.82 Å². The van der Waals surface area contributed by atoms with Crippen molar-refractivity contribution < 1.29 is 14.3 Å². The van der Waals surface area contributed by atoms with Gasteiger partial charge >= 0.3 is 5.97 Å². The van der Waals surface area contributed by atoms with Crippen LogP contribution in [0.5, 0.6) is 0 Å². The van der Waals surface area contributed by atoms with E-state index in [4.69, 9.17) is 5.11 Å². The monoisotopic (exact) mass is 238 g/mol. The number of rotatable bonds is 2. The van der Waals surface area contributed by atoms with Gasteiger partial charge in [0.25, 0.3) is 0 Å². The van der Waals surface area contributed by atoms with E-state index in [1.54, 1.807) is 6.07 Å². The van der Waals surface area contributed by atoms with Gasteiger partial charge in [-0.15, -0.1) is 0 Å². The Morgan fingerprint density at radius 1 is 1.59 bits per heavy atom. The average molecular weight is 238 g/mol. The third-order valence-corrected chi connectivity index (χ3v) is 3.02. The van der Waals surface area contributed by atoms with E-state index in [9.17, 15) is 9.18 Å². The van der Waals surface area contributed by atoms with Gasteiger partial charge in [0.2, 0.25) is 0 Å². The molecule has 0 saturated carbocycles. The second-order valence-electron chi connectivity index (χ2n) is 4.22. The molecule has 1 aliphatic heterocycles. The van der Waals surface area contributed by atoms with E-state index >= 15 is 0 Å². The average Bonchev–Trinajstić information content (AvgIpc) is 2.29. The Morgan fingerprint density at radius 2 is 2.35 bits per heavy atom. The molecule has 0 radical (unpaired) electrons. The highest BCUT2D eigenvalue weighted by Crippen LogP contribution is 2.21. The zero-order valence-corrected chi connectivity index (χ0v) is 9.61. The maximum absolute atomic E-state index is 13.6. The standard InChI is InChI=1S/C12H15FN2O2/c1-8-7-14-4-5-15(8)9-2-3-10(12(16)17)11(13)6-9/h2-3,6,8,14H,4-5,7H2,1H3,(H,16,17). The van der Waals surface area contributed by atoms with E-state index in [-0.39, 0.29) is 11.6 Å². The quantitative estimate of drug-likeness (QED) is 0.816. The van der Waals surface area contributed by atoms with Gasteiger partial charge in [-0.25, -0.2) is 9.18 Å². The molecule has 2 N–H and O–H groups in total. The maximum Gasteiger partial charge on any atom is 0.338 e. The molecule has 1 saturated heterocycles. The minimum Gasteiger partial charge on any atom is -0.478 e. The van der Waals surface area contributed by atoms with Crippen molar-refractivity contribution in [1.29, 1.82) is 0 Å². The van der Waals surface area contributed by atoms with Gasteiger partial charge in [0.1, 0.15) is 5.82 Å². The fourth-order valence-corrected chi connectivity index (χ4v) is 2.08. The van der Waals surface area contributed by atoms with Gasteiger partial charge < -0.3 is 15.3 Å². The summed E-state index contributed by atoms with van der Waals surface area (Å²) >= 11 is 0. The topological polar surface area (TPSA) is 52.6 Å². The third kappa shape index (κ3) is 2.39. The number of hydrogen-bond donors (Lipinski definition) is 2. The number of carbonyl (C=O) groups is 1. The Labute approximate surface area is 99.0 Å².